The summed E-state index contributed by atoms with van der Waals surface area (Å²) in [5, 5.41) is 8.21. The van der Waals surface area contributed by atoms with E-state index in [1.165, 1.54) is 0 Å². The maximum atomic E-state index is 6.18. The molecule has 2 aromatic heterocycles. The van der Waals surface area contributed by atoms with Crippen LogP contribution in [0.2, 0.25) is 5.02 Å². The second kappa shape index (κ2) is 5.04. The Labute approximate surface area is 111 Å². The van der Waals surface area contributed by atoms with E-state index in [2.05, 4.69) is 20.4 Å². The maximum Gasteiger partial charge on any atom is 0.161 e. The van der Waals surface area contributed by atoms with Crippen molar-refractivity contribution in [2.45, 2.75) is 27.3 Å². The zero-order chi connectivity index (χ0) is 13.3. The van der Waals surface area contributed by atoms with Gasteiger partial charge in [-0.2, -0.15) is 5.10 Å². The molecule has 0 aromatic carbocycles. The van der Waals surface area contributed by atoms with E-state index in [1.807, 2.05) is 34.0 Å². The van der Waals surface area contributed by atoms with Gasteiger partial charge in [0.15, 0.2) is 5.82 Å². The fourth-order valence-corrected chi connectivity index (χ4v) is 1.93. The molecule has 96 valence electrons. The van der Waals surface area contributed by atoms with Crippen LogP contribution in [0.3, 0.4) is 0 Å². The van der Waals surface area contributed by atoms with E-state index in [4.69, 9.17) is 11.6 Å². The van der Waals surface area contributed by atoms with Crippen molar-refractivity contribution in [1.82, 2.24) is 25.1 Å². The minimum Gasteiger partial charge on any atom is -0.315 e. The summed E-state index contributed by atoms with van der Waals surface area (Å²) in [6.07, 6.45) is 1.82. The Balaban J connectivity index is 2.61. The quantitative estimate of drug-likeness (QED) is 0.922. The van der Waals surface area contributed by atoms with Gasteiger partial charge >= 0.3 is 0 Å². The van der Waals surface area contributed by atoms with Crippen LogP contribution in [0.15, 0.2) is 6.20 Å². The molecule has 5 nitrogen and oxygen atoms in total. The summed E-state index contributed by atoms with van der Waals surface area (Å²) in [6.45, 7) is 6.37. The third-order valence-electron chi connectivity index (χ3n) is 2.73. The van der Waals surface area contributed by atoms with Gasteiger partial charge in [0, 0.05) is 18.3 Å². The number of nitrogens with one attached hydrogen (secondary N) is 1. The van der Waals surface area contributed by atoms with Gasteiger partial charge in [-0.3, -0.25) is 0 Å². The summed E-state index contributed by atoms with van der Waals surface area (Å²) in [6, 6.07) is 0. The predicted molar refractivity (Wildman–Crippen MR) is 71.1 cm³/mol. The van der Waals surface area contributed by atoms with Gasteiger partial charge in [-0.05, 0) is 27.8 Å². The number of halogens is 1. The zero-order valence-electron chi connectivity index (χ0n) is 11.0. The van der Waals surface area contributed by atoms with E-state index in [0.717, 1.165) is 22.8 Å². The molecule has 0 saturated carbocycles. The molecule has 0 unspecified atom stereocenters. The highest BCUT2D eigenvalue weighted by Gasteiger charge is 2.15. The molecule has 0 bridgehead atoms. The number of aryl methyl sites for hydroxylation is 2. The van der Waals surface area contributed by atoms with E-state index in [0.29, 0.717) is 17.4 Å². The van der Waals surface area contributed by atoms with Gasteiger partial charge in [0.1, 0.15) is 5.82 Å². The second-order valence-electron chi connectivity index (χ2n) is 4.19. The van der Waals surface area contributed by atoms with Gasteiger partial charge in [0.2, 0.25) is 0 Å². The molecule has 0 aliphatic carbocycles. The number of aromatic nitrogens is 4. The summed E-state index contributed by atoms with van der Waals surface area (Å²) in [7, 11) is 1.89. The van der Waals surface area contributed by atoms with Gasteiger partial charge in [-0.1, -0.05) is 11.6 Å². The molecule has 0 spiro atoms. The first-order chi connectivity index (χ1) is 8.54. The van der Waals surface area contributed by atoms with Crippen LogP contribution in [-0.2, 0) is 6.54 Å². The lowest BCUT2D eigenvalue weighted by Crippen LogP contribution is -2.13. The van der Waals surface area contributed by atoms with Crippen LogP contribution in [0.1, 0.15) is 22.8 Å². The Morgan fingerprint density at radius 3 is 2.61 bits per heavy atom. The van der Waals surface area contributed by atoms with E-state index < -0.39 is 0 Å². The fraction of sp³-hybridized carbons (Fsp3) is 0.417. The van der Waals surface area contributed by atoms with Crippen molar-refractivity contribution in [3.63, 3.8) is 0 Å². The Bertz CT molecular complexity index is 576. The van der Waals surface area contributed by atoms with Crippen molar-refractivity contribution < 1.29 is 0 Å². The highest BCUT2D eigenvalue weighted by atomic mass is 35.5. The summed E-state index contributed by atoms with van der Waals surface area (Å²) in [4.78, 5) is 8.69. The lowest BCUT2D eigenvalue weighted by atomic mass is 10.3. The molecule has 2 aromatic rings. The molecule has 2 rings (SSSR count). The molecule has 0 radical (unpaired) electrons. The third-order valence-corrected chi connectivity index (χ3v) is 3.28. The van der Waals surface area contributed by atoms with Crippen LogP contribution in [0.25, 0.3) is 5.82 Å². The lowest BCUT2D eigenvalue weighted by molar-refractivity contribution is 0.740. The SMILES string of the molecule is CNCc1cnc(C)nc1-n1nc(C)c(Cl)c1C. The highest BCUT2D eigenvalue weighted by Crippen LogP contribution is 2.23. The average molecular weight is 266 g/mol. The molecule has 0 atom stereocenters. The van der Waals surface area contributed by atoms with Crippen molar-refractivity contribution in [1.29, 1.82) is 0 Å². The molecular formula is C12H16ClN5. The lowest BCUT2D eigenvalue weighted by Gasteiger charge is -2.10. The number of nitrogens with zero attached hydrogens (tertiary/aromatic N) is 4. The Kier molecular flexibility index (Phi) is 3.63. The number of rotatable bonds is 3. The minimum atomic E-state index is 0.682. The van der Waals surface area contributed by atoms with E-state index >= 15 is 0 Å². The molecule has 2 heterocycles. The normalized spacial score (nSPS) is 10.9. The van der Waals surface area contributed by atoms with Crippen molar-refractivity contribution in [2.75, 3.05) is 7.05 Å². The van der Waals surface area contributed by atoms with E-state index in [-0.39, 0.29) is 0 Å². The predicted octanol–water partition coefficient (Wildman–Crippen LogP) is 1.96. The number of hydrogen-bond donors (Lipinski definition) is 1. The summed E-state index contributed by atoms with van der Waals surface area (Å²) < 4.78 is 1.78. The van der Waals surface area contributed by atoms with Gasteiger partial charge in [0.05, 0.1) is 16.4 Å². The largest absolute Gasteiger partial charge is 0.315 e. The molecule has 0 saturated heterocycles. The van der Waals surface area contributed by atoms with Crippen molar-refractivity contribution in [2.24, 2.45) is 0 Å². The van der Waals surface area contributed by atoms with Crippen molar-refractivity contribution >= 4 is 11.6 Å². The Hall–Kier alpha value is -1.46. The first-order valence-electron chi connectivity index (χ1n) is 5.73. The first-order valence-corrected chi connectivity index (χ1v) is 6.11. The van der Waals surface area contributed by atoms with E-state index in [9.17, 15) is 0 Å². The summed E-state index contributed by atoms with van der Waals surface area (Å²) >= 11 is 6.18. The molecule has 18 heavy (non-hydrogen) atoms. The summed E-state index contributed by atoms with van der Waals surface area (Å²) in [5.41, 5.74) is 2.69. The van der Waals surface area contributed by atoms with E-state index in [1.54, 1.807) is 4.68 Å². The topological polar surface area (TPSA) is 55.6 Å². The van der Waals surface area contributed by atoms with Crippen LogP contribution in [0.4, 0.5) is 0 Å². The standard InChI is InChI=1S/C12H16ClN5/c1-7-11(13)8(2)18(17-7)12-10(5-14-4)6-15-9(3)16-12/h6,14H,5H2,1-4H3. The molecule has 0 aliphatic heterocycles. The van der Waals surface area contributed by atoms with Crippen LogP contribution in [-0.4, -0.2) is 26.8 Å². The van der Waals surface area contributed by atoms with Crippen LogP contribution in [0.5, 0.6) is 0 Å². The number of hydrogen-bond acceptors (Lipinski definition) is 4. The van der Waals surface area contributed by atoms with Gasteiger partial charge < -0.3 is 5.32 Å². The van der Waals surface area contributed by atoms with Crippen molar-refractivity contribution in [3.05, 3.63) is 34.0 Å². The second-order valence-corrected chi connectivity index (χ2v) is 4.57. The summed E-state index contributed by atoms with van der Waals surface area (Å²) in [5.74, 6) is 1.50. The highest BCUT2D eigenvalue weighted by molar-refractivity contribution is 6.31. The van der Waals surface area contributed by atoms with Crippen LogP contribution < -0.4 is 5.32 Å². The maximum absolute atomic E-state index is 6.18. The van der Waals surface area contributed by atoms with Gasteiger partial charge in [-0.25, -0.2) is 14.6 Å². The smallest absolute Gasteiger partial charge is 0.161 e. The van der Waals surface area contributed by atoms with Crippen LogP contribution >= 0.6 is 11.6 Å². The Morgan fingerprint density at radius 2 is 2.06 bits per heavy atom. The molecule has 0 amide bonds. The first kappa shape index (κ1) is 13.0. The molecule has 0 aliphatic rings. The monoisotopic (exact) mass is 265 g/mol. The molecule has 0 fully saturated rings. The average Bonchev–Trinajstić information content (AvgIpc) is 2.60. The zero-order valence-corrected chi connectivity index (χ0v) is 11.7. The minimum absolute atomic E-state index is 0.682. The van der Waals surface area contributed by atoms with Gasteiger partial charge in [-0.15, -0.1) is 0 Å². The van der Waals surface area contributed by atoms with Gasteiger partial charge in [0.25, 0.3) is 0 Å². The fourth-order valence-electron chi connectivity index (χ4n) is 1.81. The van der Waals surface area contributed by atoms with Crippen LogP contribution in [0, 0.1) is 20.8 Å². The third kappa shape index (κ3) is 2.23. The Morgan fingerprint density at radius 1 is 1.33 bits per heavy atom. The molecule has 6 heteroatoms. The molecule has 1 N–H and O–H groups in total. The molecular weight excluding hydrogens is 250 g/mol. The van der Waals surface area contributed by atoms with Crippen molar-refractivity contribution in [3.8, 4) is 5.82 Å².